The minimum Gasteiger partial charge on any atom is -0.454 e. The molecule has 2 aromatic rings. The number of piperazine rings is 1. The van der Waals surface area contributed by atoms with E-state index in [1.165, 1.54) is 10.5 Å². The number of carbonyl (C=O) groups excluding carboxylic acids is 2. The molecule has 3 aliphatic heterocycles. The summed E-state index contributed by atoms with van der Waals surface area (Å²) in [5, 5.41) is 2.93. The number of carbonyl (C=O) groups is 2. The number of fused-ring (bicyclic) bond motifs is 1. The van der Waals surface area contributed by atoms with Crippen LogP contribution in [0.25, 0.3) is 0 Å². The van der Waals surface area contributed by atoms with Crippen LogP contribution in [0.15, 0.2) is 48.5 Å². The second kappa shape index (κ2) is 9.03. The highest BCUT2D eigenvalue weighted by Gasteiger charge is 2.47. The van der Waals surface area contributed by atoms with Gasteiger partial charge in [0.25, 0.3) is 5.91 Å². The zero-order valence-electron chi connectivity index (χ0n) is 19.0. The Hall–Kier alpha value is -3.10. The summed E-state index contributed by atoms with van der Waals surface area (Å²) in [5.41, 5.74) is 1.50. The molecule has 0 aliphatic carbocycles. The van der Waals surface area contributed by atoms with Crippen LogP contribution in [0.1, 0.15) is 24.5 Å². The van der Waals surface area contributed by atoms with Gasteiger partial charge in [-0.15, -0.1) is 0 Å². The summed E-state index contributed by atoms with van der Waals surface area (Å²) in [4.78, 5) is 31.7. The van der Waals surface area contributed by atoms with Crippen molar-refractivity contribution in [3.05, 3.63) is 59.7 Å². The van der Waals surface area contributed by atoms with Crippen molar-refractivity contribution >= 4 is 11.9 Å². The molecule has 0 saturated carbocycles. The zero-order chi connectivity index (χ0) is 22.8. The molecular weight excluding hydrogens is 420 g/mol. The van der Waals surface area contributed by atoms with Crippen LogP contribution in [0.5, 0.6) is 11.5 Å². The lowest BCUT2D eigenvalue weighted by Gasteiger charge is -2.36. The molecule has 8 heteroatoms. The van der Waals surface area contributed by atoms with Crippen LogP contribution in [-0.2, 0) is 17.8 Å². The van der Waals surface area contributed by atoms with Gasteiger partial charge >= 0.3 is 6.03 Å². The highest BCUT2D eigenvalue weighted by molar-refractivity contribution is 6.06. The molecule has 1 atom stereocenters. The molecular formula is C25H30N4O4. The largest absolute Gasteiger partial charge is 0.454 e. The standard InChI is InChI=1S/C25H30N4O4/c1-25(10-9-19-5-3-2-4-6-19)23(30)29(24(31)26-25)17-28-13-11-27(12-14-28)16-20-7-8-21-22(15-20)33-18-32-21/h2-8,15H,9-14,16-18H2,1H3,(H,26,31)/t25-/m1/s1. The molecule has 174 valence electrons. The number of imide groups is 1. The minimum atomic E-state index is -0.853. The molecule has 0 spiro atoms. The van der Waals surface area contributed by atoms with Crippen molar-refractivity contribution in [1.29, 1.82) is 0 Å². The fraction of sp³-hybridized carbons (Fsp3) is 0.440. The number of urea groups is 1. The lowest BCUT2D eigenvalue weighted by atomic mass is 9.93. The van der Waals surface area contributed by atoms with Crippen molar-refractivity contribution in [1.82, 2.24) is 20.0 Å². The Labute approximate surface area is 194 Å². The number of hydrogen-bond acceptors (Lipinski definition) is 6. The van der Waals surface area contributed by atoms with Crippen LogP contribution in [0.4, 0.5) is 4.79 Å². The average molecular weight is 451 g/mol. The molecule has 8 nitrogen and oxygen atoms in total. The van der Waals surface area contributed by atoms with Crippen LogP contribution in [-0.4, -0.2) is 71.8 Å². The fourth-order valence-electron chi connectivity index (χ4n) is 4.67. The van der Waals surface area contributed by atoms with Gasteiger partial charge in [-0.25, -0.2) is 9.69 Å². The maximum atomic E-state index is 13.1. The zero-order valence-corrected chi connectivity index (χ0v) is 19.0. The highest BCUT2D eigenvalue weighted by Crippen LogP contribution is 2.33. The Balaban J connectivity index is 1.12. The molecule has 3 amide bonds. The molecule has 1 N–H and O–H groups in total. The van der Waals surface area contributed by atoms with Crippen molar-refractivity contribution in [2.45, 2.75) is 31.8 Å². The summed E-state index contributed by atoms with van der Waals surface area (Å²) >= 11 is 0. The smallest absolute Gasteiger partial charge is 0.326 e. The van der Waals surface area contributed by atoms with E-state index in [4.69, 9.17) is 9.47 Å². The molecule has 2 fully saturated rings. The Kier molecular flexibility index (Phi) is 5.95. The molecule has 0 radical (unpaired) electrons. The molecule has 3 aliphatic rings. The van der Waals surface area contributed by atoms with Gasteiger partial charge in [0.15, 0.2) is 11.5 Å². The number of aryl methyl sites for hydroxylation is 1. The molecule has 33 heavy (non-hydrogen) atoms. The Bertz CT molecular complexity index is 1020. The van der Waals surface area contributed by atoms with Crippen molar-refractivity contribution in [3.8, 4) is 11.5 Å². The molecule has 2 saturated heterocycles. The third kappa shape index (κ3) is 4.67. The predicted octanol–water partition coefficient (Wildman–Crippen LogP) is 2.43. The first-order valence-electron chi connectivity index (χ1n) is 11.5. The SMILES string of the molecule is C[C@]1(CCc2ccccc2)NC(=O)N(CN2CCN(Cc3ccc4c(c3)OCO4)CC2)C1=O. The average Bonchev–Trinajstić information content (AvgIpc) is 3.38. The van der Waals surface area contributed by atoms with Crippen molar-refractivity contribution in [2.24, 2.45) is 0 Å². The van der Waals surface area contributed by atoms with E-state index in [1.54, 1.807) is 0 Å². The van der Waals surface area contributed by atoms with Crippen LogP contribution in [0.2, 0.25) is 0 Å². The fourth-order valence-corrected chi connectivity index (χ4v) is 4.67. The van der Waals surface area contributed by atoms with Gasteiger partial charge in [0.05, 0.1) is 6.67 Å². The first-order chi connectivity index (χ1) is 16.0. The van der Waals surface area contributed by atoms with E-state index in [0.29, 0.717) is 13.1 Å². The first kappa shape index (κ1) is 21.7. The summed E-state index contributed by atoms with van der Waals surface area (Å²) in [5.74, 6) is 1.47. The number of ether oxygens (including phenoxy) is 2. The minimum absolute atomic E-state index is 0.133. The van der Waals surface area contributed by atoms with Gasteiger partial charge in [0.1, 0.15) is 5.54 Å². The van der Waals surface area contributed by atoms with Crippen LogP contribution >= 0.6 is 0 Å². The van der Waals surface area contributed by atoms with E-state index in [0.717, 1.165) is 56.2 Å². The summed E-state index contributed by atoms with van der Waals surface area (Å²) in [6.07, 6.45) is 1.33. The molecule has 5 rings (SSSR count). The third-order valence-corrected chi connectivity index (χ3v) is 6.75. The van der Waals surface area contributed by atoms with Crippen molar-refractivity contribution in [2.75, 3.05) is 39.6 Å². The quantitative estimate of drug-likeness (QED) is 0.654. The molecule has 0 unspecified atom stereocenters. The van der Waals surface area contributed by atoms with Gasteiger partial charge in [0, 0.05) is 32.7 Å². The molecule has 0 aromatic heterocycles. The van der Waals surface area contributed by atoms with Gasteiger partial charge in [-0.1, -0.05) is 36.4 Å². The monoisotopic (exact) mass is 450 g/mol. The van der Waals surface area contributed by atoms with Crippen LogP contribution in [0.3, 0.4) is 0 Å². The number of nitrogens with zero attached hydrogens (tertiary/aromatic N) is 3. The maximum absolute atomic E-state index is 13.1. The van der Waals surface area contributed by atoms with E-state index in [9.17, 15) is 9.59 Å². The van der Waals surface area contributed by atoms with Crippen molar-refractivity contribution < 1.29 is 19.1 Å². The van der Waals surface area contributed by atoms with E-state index >= 15 is 0 Å². The van der Waals surface area contributed by atoms with E-state index in [1.807, 2.05) is 49.4 Å². The molecule has 0 bridgehead atoms. The van der Waals surface area contributed by atoms with Gasteiger partial charge in [-0.2, -0.15) is 0 Å². The van der Waals surface area contributed by atoms with Crippen molar-refractivity contribution in [3.63, 3.8) is 0 Å². The summed E-state index contributed by atoms with van der Waals surface area (Å²) in [7, 11) is 0. The lowest BCUT2D eigenvalue weighted by Crippen LogP contribution is -2.51. The lowest BCUT2D eigenvalue weighted by molar-refractivity contribution is -0.132. The van der Waals surface area contributed by atoms with Gasteiger partial charge in [-0.3, -0.25) is 14.6 Å². The summed E-state index contributed by atoms with van der Waals surface area (Å²) in [6, 6.07) is 15.8. The number of amides is 3. The Morgan fingerprint density at radius 3 is 2.42 bits per heavy atom. The number of benzene rings is 2. The second-order valence-electron chi connectivity index (χ2n) is 9.20. The van der Waals surface area contributed by atoms with E-state index in [2.05, 4.69) is 21.2 Å². The maximum Gasteiger partial charge on any atom is 0.326 e. The molecule has 3 heterocycles. The Morgan fingerprint density at radius 2 is 1.64 bits per heavy atom. The van der Waals surface area contributed by atoms with Gasteiger partial charge < -0.3 is 14.8 Å². The first-order valence-corrected chi connectivity index (χ1v) is 11.5. The third-order valence-electron chi connectivity index (χ3n) is 6.75. The van der Waals surface area contributed by atoms with Crippen LogP contribution < -0.4 is 14.8 Å². The normalized spacial score (nSPS) is 23.2. The highest BCUT2D eigenvalue weighted by atomic mass is 16.7. The molecule has 2 aromatic carbocycles. The van der Waals surface area contributed by atoms with E-state index < -0.39 is 5.54 Å². The number of hydrogen-bond donors (Lipinski definition) is 1. The van der Waals surface area contributed by atoms with Gasteiger partial charge in [-0.05, 0) is 43.0 Å². The van der Waals surface area contributed by atoms with Gasteiger partial charge in [0.2, 0.25) is 6.79 Å². The summed E-state index contributed by atoms with van der Waals surface area (Å²) < 4.78 is 10.9. The Morgan fingerprint density at radius 1 is 0.909 bits per heavy atom. The second-order valence-corrected chi connectivity index (χ2v) is 9.20. The number of nitrogens with one attached hydrogen (secondary N) is 1. The van der Waals surface area contributed by atoms with E-state index in [-0.39, 0.29) is 18.7 Å². The number of rotatable bonds is 7. The van der Waals surface area contributed by atoms with Crippen LogP contribution in [0, 0.1) is 0 Å². The topological polar surface area (TPSA) is 74.4 Å². The summed E-state index contributed by atoms with van der Waals surface area (Å²) in [6.45, 7) is 6.66. The predicted molar refractivity (Wildman–Crippen MR) is 123 cm³/mol.